The van der Waals surface area contributed by atoms with E-state index in [2.05, 4.69) is 68.3 Å². The Bertz CT molecular complexity index is 1360. The van der Waals surface area contributed by atoms with Crippen LogP contribution in [0.25, 0.3) is 22.6 Å². The van der Waals surface area contributed by atoms with Crippen LogP contribution in [0.2, 0.25) is 0 Å². The number of rotatable bonds is 11. The van der Waals surface area contributed by atoms with Crippen molar-refractivity contribution >= 4 is 0 Å². The number of hydrogen-bond donors (Lipinski definition) is 1. The van der Waals surface area contributed by atoms with Gasteiger partial charge in [-0.05, 0) is 59.7 Å². The smallest absolute Gasteiger partial charge is 0.296 e. The second-order valence-electron chi connectivity index (χ2n) is 10.6. The fourth-order valence-electron chi connectivity index (χ4n) is 5.89. The maximum absolute atomic E-state index is 13.7. The van der Waals surface area contributed by atoms with Crippen molar-refractivity contribution in [1.29, 1.82) is 0 Å². The molecule has 1 fully saturated rings. The van der Waals surface area contributed by atoms with Crippen LogP contribution in [-0.2, 0) is 19.5 Å². The van der Waals surface area contributed by atoms with Gasteiger partial charge in [0.05, 0.1) is 6.54 Å². The zero-order valence-electron chi connectivity index (χ0n) is 22.7. The van der Waals surface area contributed by atoms with E-state index in [1.807, 2.05) is 16.7 Å². The van der Waals surface area contributed by atoms with Gasteiger partial charge in [0, 0.05) is 29.7 Å². The maximum atomic E-state index is 13.7. The van der Waals surface area contributed by atoms with Gasteiger partial charge in [-0.15, -0.1) is 5.10 Å². The van der Waals surface area contributed by atoms with Crippen LogP contribution in [0, 0.1) is 12.8 Å². The van der Waals surface area contributed by atoms with Gasteiger partial charge < -0.3 is 0 Å². The lowest BCUT2D eigenvalue weighted by atomic mass is 9.87. The first-order valence-electron chi connectivity index (χ1n) is 14.2. The Morgan fingerprint density at radius 3 is 2.58 bits per heavy atom. The molecule has 3 aromatic heterocycles. The number of unbranched alkanes of at least 4 members (excludes halogenated alkanes) is 2. The first kappa shape index (κ1) is 26.1. The Kier molecular flexibility index (Phi) is 8.46. The molecule has 0 saturated heterocycles. The summed E-state index contributed by atoms with van der Waals surface area (Å²) < 4.78 is 4.08. The van der Waals surface area contributed by atoms with Crippen molar-refractivity contribution in [3.8, 4) is 22.6 Å². The average Bonchev–Trinajstić information content (AvgIpc) is 3.57. The minimum Gasteiger partial charge on any atom is -0.296 e. The Hall–Kier alpha value is -3.55. The lowest BCUT2D eigenvalue weighted by Crippen LogP contribution is -2.27. The molecule has 1 N–H and O–H groups in total. The maximum Gasteiger partial charge on any atom is 0.328 e. The molecule has 3 heterocycles. The topological polar surface area (TPSA) is 94.3 Å². The van der Waals surface area contributed by atoms with Crippen LogP contribution in [-0.4, -0.2) is 34.7 Å². The third-order valence-corrected chi connectivity index (χ3v) is 8.10. The first-order chi connectivity index (χ1) is 18.7. The number of aromatic amines is 1. The predicted octanol–water partition coefficient (Wildman–Crippen LogP) is 5.95. The van der Waals surface area contributed by atoms with Crippen molar-refractivity contribution in [2.45, 2.75) is 91.1 Å². The molecular weight excluding hydrogens is 474 g/mol. The van der Waals surface area contributed by atoms with E-state index in [0.29, 0.717) is 18.1 Å². The van der Waals surface area contributed by atoms with Crippen LogP contribution >= 0.6 is 0 Å². The molecule has 0 unspecified atom stereocenters. The fourth-order valence-corrected chi connectivity index (χ4v) is 5.89. The van der Waals surface area contributed by atoms with Crippen LogP contribution in [0.5, 0.6) is 0 Å². The number of imidazole rings is 1. The van der Waals surface area contributed by atoms with E-state index in [1.165, 1.54) is 50.6 Å². The van der Waals surface area contributed by atoms with Crippen LogP contribution in [0.3, 0.4) is 0 Å². The van der Waals surface area contributed by atoms with Gasteiger partial charge in [-0.25, -0.2) is 9.89 Å². The number of aromatic nitrogens is 7. The summed E-state index contributed by atoms with van der Waals surface area (Å²) in [5.41, 5.74) is 6.31. The highest BCUT2D eigenvalue weighted by molar-refractivity contribution is 5.77. The molecule has 5 rings (SSSR count). The van der Waals surface area contributed by atoms with Crippen LogP contribution in [0.4, 0.5) is 0 Å². The molecule has 0 aliphatic heterocycles. The molecule has 1 aliphatic carbocycles. The Labute approximate surface area is 224 Å². The molecule has 38 heavy (non-hydrogen) atoms. The van der Waals surface area contributed by atoms with Gasteiger partial charge in [-0.2, -0.15) is 0 Å². The highest BCUT2D eigenvalue weighted by atomic mass is 16.1. The molecule has 0 bridgehead atoms. The van der Waals surface area contributed by atoms with Gasteiger partial charge in [0.2, 0.25) is 0 Å². The van der Waals surface area contributed by atoms with Crippen molar-refractivity contribution in [2.24, 2.45) is 5.92 Å². The minimum absolute atomic E-state index is 0.140. The molecule has 1 saturated carbocycles. The molecule has 4 aromatic rings. The van der Waals surface area contributed by atoms with E-state index in [-0.39, 0.29) is 5.69 Å². The summed E-state index contributed by atoms with van der Waals surface area (Å²) in [5, 5.41) is 14.2. The van der Waals surface area contributed by atoms with E-state index in [4.69, 9.17) is 0 Å². The van der Waals surface area contributed by atoms with Gasteiger partial charge in [-0.1, -0.05) is 82.2 Å². The summed E-state index contributed by atoms with van der Waals surface area (Å²) >= 11 is 0. The van der Waals surface area contributed by atoms with Crippen LogP contribution in [0.15, 0.2) is 47.4 Å². The van der Waals surface area contributed by atoms with E-state index in [9.17, 15) is 4.79 Å². The number of pyridine rings is 1. The molecule has 8 heteroatoms. The average molecular weight is 514 g/mol. The number of tetrazole rings is 1. The Morgan fingerprint density at radius 1 is 1.03 bits per heavy atom. The lowest BCUT2D eigenvalue weighted by molar-refractivity contribution is 0.321. The van der Waals surface area contributed by atoms with Gasteiger partial charge in [0.15, 0.2) is 5.82 Å². The molecule has 0 amide bonds. The standard InChI is InChI=1S/C30H39N7O/c1-3-4-6-13-27-22(2)36(20-18-23-10-7-5-8-11-23)30(38)37(27)21-24-14-16-25(17-15-24)26-12-9-19-31-28(26)29-32-34-35-33-29/h9,12,14-17,19,23H,3-8,10-11,13,18,20-21H2,1-2H3,(H,32,33,34,35). The largest absolute Gasteiger partial charge is 0.328 e. The number of benzene rings is 1. The first-order valence-corrected chi connectivity index (χ1v) is 14.2. The van der Waals surface area contributed by atoms with Gasteiger partial charge in [0.25, 0.3) is 0 Å². The monoisotopic (exact) mass is 513 g/mol. The van der Waals surface area contributed by atoms with Crippen LogP contribution < -0.4 is 5.69 Å². The Balaban J connectivity index is 1.39. The zero-order valence-corrected chi connectivity index (χ0v) is 22.7. The summed E-state index contributed by atoms with van der Waals surface area (Å²) in [4.78, 5) is 18.2. The molecule has 1 aromatic carbocycles. The fraction of sp³-hybridized carbons (Fsp3) is 0.500. The lowest BCUT2D eigenvalue weighted by Gasteiger charge is -2.21. The number of H-pyrrole nitrogens is 1. The Morgan fingerprint density at radius 2 is 1.84 bits per heavy atom. The molecule has 1 aliphatic rings. The van der Waals surface area contributed by atoms with E-state index in [1.54, 1.807) is 6.20 Å². The zero-order chi connectivity index (χ0) is 26.3. The third-order valence-electron chi connectivity index (χ3n) is 8.10. The molecular formula is C30H39N7O. The number of nitrogens with zero attached hydrogens (tertiary/aromatic N) is 6. The minimum atomic E-state index is 0.140. The van der Waals surface area contributed by atoms with Crippen molar-refractivity contribution in [2.75, 3.05) is 0 Å². The number of hydrogen-bond acceptors (Lipinski definition) is 5. The quantitative estimate of drug-likeness (QED) is 0.250. The van der Waals surface area contributed by atoms with Gasteiger partial charge in [0.1, 0.15) is 5.69 Å². The molecule has 0 atom stereocenters. The predicted molar refractivity (Wildman–Crippen MR) is 150 cm³/mol. The van der Waals surface area contributed by atoms with Crippen LogP contribution in [0.1, 0.15) is 81.7 Å². The van der Waals surface area contributed by atoms with Gasteiger partial charge in [-0.3, -0.25) is 14.1 Å². The van der Waals surface area contributed by atoms with Crippen molar-refractivity contribution < 1.29 is 0 Å². The second kappa shape index (κ2) is 12.3. The SMILES string of the molecule is CCCCCc1c(C)n(CCC2CCCCC2)c(=O)n1Cc1ccc(-c2cccnc2-c2nnn[nH]2)cc1. The summed E-state index contributed by atoms with van der Waals surface area (Å²) in [7, 11) is 0. The summed E-state index contributed by atoms with van der Waals surface area (Å²) in [6.45, 7) is 5.79. The van der Waals surface area contributed by atoms with Crippen molar-refractivity contribution in [3.05, 3.63) is 70.0 Å². The summed E-state index contributed by atoms with van der Waals surface area (Å²) in [6, 6.07) is 12.3. The van der Waals surface area contributed by atoms with Crippen molar-refractivity contribution in [3.63, 3.8) is 0 Å². The van der Waals surface area contributed by atoms with Gasteiger partial charge >= 0.3 is 5.69 Å². The highest BCUT2D eigenvalue weighted by Crippen LogP contribution is 2.29. The molecule has 8 nitrogen and oxygen atoms in total. The van der Waals surface area contributed by atoms with E-state index < -0.39 is 0 Å². The molecule has 0 spiro atoms. The second-order valence-corrected chi connectivity index (χ2v) is 10.6. The highest BCUT2D eigenvalue weighted by Gasteiger charge is 2.19. The summed E-state index contributed by atoms with van der Waals surface area (Å²) in [5.74, 6) is 1.30. The van der Waals surface area contributed by atoms with E-state index >= 15 is 0 Å². The third kappa shape index (κ3) is 5.79. The van der Waals surface area contributed by atoms with Crippen molar-refractivity contribution in [1.82, 2.24) is 34.7 Å². The summed E-state index contributed by atoms with van der Waals surface area (Å²) in [6.07, 6.45) is 14.0. The number of nitrogens with one attached hydrogen (secondary N) is 1. The molecule has 0 radical (unpaired) electrons. The van der Waals surface area contributed by atoms with E-state index in [0.717, 1.165) is 54.1 Å². The normalized spacial score (nSPS) is 14.3. The molecule has 200 valence electrons.